The zero-order valence-corrected chi connectivity index (χ0v) is 21.5. The first-order valence-electron chi connectivity index (χ1n) is 13.1. The Morgan fingerprint density at radius 1 is 1.14 bits per heavy atom. The molecule has 7 atom stereocenters. The van der Waals surface area contributed by atoms with Crippen LogP contribution < -0.4 is 15.4 Å². The summed E-state index contributed by atoms with van der Waals surface area (Å²) in [7, 11) is 0. The monoisotopic (exact) mass is 493 g/mol. The van der Waals surface area contributed by atoms with Gasteiger partial charge in [0.25, 0.3) is 5.91 Å². The highest BCUT2D eigenvalue weighted by Gasteiger charge is 2.53. The first-order valence-corrected chi connectivity index (χ1v) is 13.1. The van der Waals surface area contributed by atoms with Crippen molar-refractivity contribution in [2.45, 2.75) is 65.1 Å². The van der Waals surface area contributed by atoms with Gasteiger partial charge < -0.3 is 20.5 Å². The minimum Gasteiger partial charge on any atom is -0.484 e. The van der Waals surface area contributed by atoms with E-state index in [4.69, 9.17) is 4.74 Å². The van der Waals surface area contributed by atoms with Gasteiger partial charge in [-0.3, -0.25) is 14.6 Å². The Kier molecular flexibility index (Phi) is 8.29. The van der Waals surface area contributed by atoms with Crippen molar-refractivity contribution in [3.8, 4) is 5.75 Å². The van der Waals surface area contributed by atoms with E-state index in [1.165, 1.54) is 0 Å². The van der Waals surface area contributed by atoms with Crippen molar-refractivity contribution in [2.24, 2.45) is 29.1 Å². The van der Waals surface area contributed by atoms with E-state index in [1.807, 2.05) is 55.5 Å². The Labute approximate surface area is 214 Å². The Morgan fingerprint density at radius 3 is 2.58 bits per heavy atom. The quantitative estimate of drug-likeness (QED) is 0.520. The number of rotatable bonds is 8. The summed E-state index contributed by atoms with van der Waals surface area (Å²) in [5, 5.41) is 17.7. The van der Waals surface area contributed by atoms with E-state index < -0.39 is 6.10 Å². The van der Waals surface area contributed by atoms with Gasteiger partial charge in [-0.05, 0) is 73.1 Å². The van der Waals surface area contributed by atoms with Crippen LogP contribution in [0.25, 0.3) is 0 Å². The number of aliphatic hydroxyl groups is 1. The molecule has 2 saturated carbocycles. The number of hydrogen-bond acceptors (Lipinski definition) is 5. The Bertz CT molecular complexity index is 1020. The molecule has 1 aromatic heterocycles. The van der Waals surface area contributed by atoms with E-state index in [1.54, 1.807) is 6.20 Å². The smallest absolute Gasteiger partial charge is 0.258 e. The number of carbonyl (C=O) groups is 2. The molecule has 36 heavy (non-hydrogen) atoms. The van der Waals surface area contributed by atoms with Crippen molar-refractivity contribution in [3.63, 3.8) is 0 Å². The van der Waals surface area contributed by atoms with E-state index in [2.05, 4.69) is 29.5 Å². The van der Waals surface area contributed by atoms with Gasteiger partial charge in [-0.15, -0.1) is 0 Å². The van der Waals surface area contributed by atoms with Gasteiger partial charge in [0.1, 0.15) is 5.75 Å². The molecule has 7 heteroatoms. The summed E-state index contributed by atoms with van der Waals surface area (Å²) in [5.74, 6) is 0.128. The minimum absolute atomic E-state index is 0.00124. The van der Waals surface area contributed by atoms with Crippen molar-refractivity contribution < 1.29 is 19.4 Å². The number of pyridine rings is 1. The number of hydrogen-bond donors (Lipinski definition) is 3. The van der Waals surface area contributed by atoms with Gasteiger partial charge in [0, 0.05) is 18.2 Å². The summed E-state index contributed by atoms with van der Waals surface area (Å²) in [6.07, 6.45) is 4.72. The van der Waals surface area contributed by atoms with Crippen molar-refractivity contribution in [2.75, 3.05) is 6.61 Å². The number of amides is 2. The van der Waals surface area contributed by atoms with Gasteiger partial charge in [-0.2, -0.15) is 0 Å². The topological polar surface area (TPSA) is 101 Å². The predicted molar refractivity (Wildman–Crippen MR) is 138 cm³/mol. The molecule has 2 aliphatic carbocycles. The Hall–Kier alpha value is -2.93. The summed E-state index contributed by atoms with van der Waals surface area (Å²) >= 11 is 0. The maximum atomic E-state index is 13.0. The van der Waals surface area contributed by atoms with Crippen LogP contribution in [-0.2, 0) is 16.1 Å². The van der Waals surface area contributed by atoms with Gasteiger partial charge in [-0.1, -0.05) is 45.0 Å². The number of nitrogens with zero attached hydrogens (tertiary/aromatic N) is 1. The number of nitrogens with one attached hydrogen (secondary N) is 2. The van der Waals surface area contributed by atoms with Crippen LogP contribution in [0.2, 0.25) is 0 Å². The number of aliphatic hydroxyl groups excluding tert-OH is 1. The van der Waals surface area contributed by atoms with Crippen LogP contribution in [0.1, 0.15) is 52.1 Å². The van der Waals surface area contributed by atoms with Gasteiger partial charge in [-0.25, -0.2) is 0 Å². The van der Waals surface area contributed by atoms with Crippen LogP contribution in [0.4, 0.5) is 0 Å². The molecule has 7 nitrogen and oxygen atoms in total. The molecule has 2 aliphatic rings. The number of fused-ring (bicyclic) bond motifs is 1. The molecule has 0 saturated heterocycles. The van der Waals surface area contributed by atoms with Crippen LogP contribution in [0.15, 0.2) is 54.7 Å². The van der Waals surface area contributed by atoms with E-state index in [0.29, 0.717) is 12.3 Å². The number of ether oxygens (including phenoxy) is 1. The third-order valence-corrected chi connectivity index (χ3v) is 8.57. The van der Waals surface area contributed by atoms with Crippen LogP contribution >= 0.6 is 0 Å². The second-order valence-electron chi connectivity index (χ2n) is 10.9. The molecule has 1 unspecified atom stereocenters. The second kappa shape index (κ2) is 11.4. The SMILES string of the molecule is C[C@H]1[C@@H]2[C@@H](O)C([C@H](C)C(=O)NCc3ccccn3)CC[C@@]2(C)CC[C@@H]1NC(=O)COc1ccccc1. The van der Waals surface area contributed by atoms with E-state index >= 15 is 0 Å². The average Bonchev–Trinajstić information content (AvgIpc) is 2.89. The van der Waals surface area contributed by atoms with Crippen molar-refractivity contribution in [1.29, 1.82) is 0 Å². The molecule has 0 aliphatic heterocycles. The van der Waals surface area contributed by atoms with Crippen LogP contribution in [0.5, 0.6) is 5.75 Å². The minimum atomic E-state index is -0.602. The fourth-order valence-corrected chi connectivity index (χ4v) is 6.45. The second-order valence-corrected chi connectivity index (χ2v) is 10.9. The first kappa shape index (κ1) is 26.1. The lowest BCUT2D eigenvalue weighted by molar-refractivity contribution is -0.144. The van der Waals surface area contributed by atoms with Crippen molar-refractivity contribution >= 4 is 11.8 Å². The predicted octanol–water partition coefficient (Wildman–Crippen LogP) is 3.72. The lowest BCUT2D eigenvalue weighted by atomic mass is 9.51. The molecule has 1 aromatic carbocycles. The molecular weight excluding hydrogens is 454 g/mol. The molecular formula is C29H39N3O4. The fourth-order valence-electron chi connectivity index (χ4n) is 6.45. The van der Waals surface area contributed by atoms with E-state index in [9.17, 15) is 14.7 Å². The van der Waals surface area contributed by atoms with Crippen LogP contribution in [-0.4, -0.2) is 40.7 Å². The normalized spacial score (nSPS) is 30.5. The maximum absolute atomic E-state index is 13.0. The molecule has 194 valence electrons. The summed E-state index contributed by atoms with van der Waals surface area (Å²) in [4.78, 5) is 29.9. The van der Waals surface area contributed by atoms with Gasteiger partial charge >= 0.3 is 0 Å². The Balaban J connectivity index is 1.36. The first-order chi connectivity index (χ1) is 17.3. The number of para-hydroxylation sites is 1. The molecule has 2 aromatic rings. The molecule has 2 fully saturated rings. The van der Waals surface area contributed by atoms with Crippen molar-refractivity contribution in [3.05, 3.63) is 60.4 Å². The largest absolute Gasteiger partial charge is 0.484 e. The van der Waals surface area contributed by atoms with E-state index in [-0.39, 0.29) is 53.5 Å². The molecule has 0 bridgehead atoms. The molecule has 0 spiro atoms. The van der Waals surface area contributed by atoms with Crippen molar-refractivity contribution in [1.82, 2.24) is 15.6 Å². The molecule has 1 heterocycles. The average molecular weight is 494 g/mol. The molecule has 3 N–H and O–H groups in total. The van der Waals surface area contributed by atoms with Crippen LogP contribution in [0.3, 0.4) is 0 Å². The highest BCUT2D eigenvalue weighted by atomic mass is 16.5. The highest BCUT2D eigenvalue weighted by molar-refractivity contribution is 5.79. The van der Waals surface area contributed by atoms with Gasteiger partial charge in [0.15, 0.2) is 6.61 Å². The summed E-state index contributed by atoms with van der Waals surface area (Å²) in [6.45, 7) is 6.65. The van der Waals surface area contributed by atoms with Crippen LogP contribution in [0, 0.1) is 29.1 Å². The highest BCUT2D eigenvalue weighted by Crippen LogP contribution is 2.55. The third kappa shape index (κ3) is 5.89. The number of carbonyl (C=O) groups excluding carboxylic acids is 2. The lowest BCUT2D eigenvalue weighted by Gasteiger charge is -2.56. The lowest BCUT2D eigenvalue weighted by Crippen LogP contribution is -2.58. The number of benzene rings is 1. The Morgan fingerprint density at radius 2 is 1.86 bits per heavy atom. The third-order valence-electron chi connectivity index (χ3n) is 8.57. The van der Waals surface area contributed by atoms with Gasteiger partial charge in [0.05, 0.1) is 18.3 Å². The standard InChI is InChI=1S/C29H39N3O4/c1-19(28(35)31-17-21-9-7-8-16-30-21)23-12-14-29(3)15-13-24(20(2)26(29)27(23)34)32-25(33)18-36-22-10-5-4-6-11-22/h4-11,16,19-20,23-24,26-27,34H,12-15,17-18H2,1-3H3,(H,31,35)(H,32,33)/t19-,20+,23?,24-,26+,27-,29-/m0/s1. The van der Waals surface area contributed by atoms with Gasteiger partial charge in [0.2, 0.25) is 5.91 Å². The fraction of sp³-hybridized carbons (Fsp3) is 0.552. The molecule has 2 amide bonds. The molecule has 0 radical (unpaired) electrons. The van der Waals surface area contributed by atoms with E-state index in [0.717, 1.165) is 31.4 Å². The zero-order valence-electron chi connectivity index (χ0n) is 21.5. The summed E-state index contributed by atoms with van der Waals surface area (Å²) in [6, 6.07) is 14.9. The zero-order chi connectivity index (χ0) is 25.7. The summed E-state index contributed by atoms with van der Waals surface area (Å²) < 4.78 is 5.61. The summed E-state index contributed by atoms with van der Waals surface area (Å²) in [5.41, 5.74) is 0.812. The molecule has 4 rings (SSSR count). The number of aromatic nitrogens is 1. The maximum Gasteiger partial charge on any atom is 0.258 e.